The molecule has 0 heterocycles. The number of hydrogen-bond donors (Lipinski definition) is 1. The van der Waals surface area contributed by atoms with Crippen molar-refractivity contribution in [2.24, 2.45) is 0 Å². The third-order valence-electron chi connectivity index (χ3n) is 3.74. The van der Waals surface area contributed by atoms with Crippen molar-refractivity contribution in [3.05, 3.63) is 65.5 Å². The number of nitrogens with zero attached hydrogens (tertiary/aromatic N) is 1. The van der Waals surface area contributed by atoms with E-state index >= 15 is 0 Å². The number of carbonyl (C=O) groups is 2. The van der Waals surface area contributed by atoms with Gasteiger partial charge < -0.3 is 5.32 Å². The molecular weight excluding hydrogens is 359 g/mol. The minimum Gasteiger partial charge on any atom is -0.351 e. The second-order valence-corrected chi connectivity index (χ2v) is 7.79. The average molecular weight is 378 g/mol. The van der Waals surface area contributed by atoms with Crippen LogP contribution in [-0.4, -0.2) is 38.0 Å². The highest BCUT2D eigenvalue weighted by molar-refractivity contribution is 7.89. The summed E-state index contributed by atoms with van der Waals surface area (Å²) >= 11 is 0. The van der Waals surface area contributed by atoms with E-state index in [2.05, 4.69) is 5.32 Å². The predicted octanol–water partition coefficient (Wildman–Crippen LogP) is 1.97. The summed E-state index contributed by atoms with van der Waals surface area (Å²) in [5, 5.41) is 2.58. The lowest BCUT2D eigenvalue weighted by atomic mass is 10.2. The van der Waals surface area contributed by atoms with E-state index in [1.807, 2.05) is 0 Å². The predicted molar refractivity (Wildman–Crippen MR) is 94.5 cm³/mol. The topological polar surface area (TPSA) is 83.6 Å². The van der Waals surface area contributed by atoms with Gasteiger partial charge in [-0.05, 0) is 36.8 Å². The van der Waals surface area contributed by atoms with E-state index < -0.39 is 15.9 Å². The fraction of sp³-hybridized carbons (Fsp3) is 0.222. The number of amides is 1. The summed E-state index contributed by atoms with van der Waals surface area (Å²) < 4.78 is 38.7. The molecule has 0 saturated carbocycles. The van der Waals surface area contributed by atoms with Gasteiger partial charge in [0.15, 0.2) is 5.78 Å². The van der Waals surface area contributed by atoms with Crippen molar-refractivity contribution in [3.63, 3.8) is 0 Å². The summed E-state index contributed by atoms with van der Waals surface area (Å²) in [5.41, 5.74) is 1.11. The van der Waals surface area contributed by atoms with E-state index in [1.54, 1.807) is 0 Å². The molecule has 0 spiro atoms. The van der Waals surface area contributed by atoms with Crippen molar-refractivity contribution >= 4 is 21.7 Å². The first-order valence-corrected chi connectivity index (χ1v) is 9.22. The van der Waals surface area contributed by atoms with Crippen LogP contribution in [0.2, 0.25) is 0 Å². The lowest BCUT2D eigenvalue weighted by Gasteiger charge is -2.17. The number of Topliss-reactive ketones (excluding diaryl/α,β-unsaturated/α-hetero) is 1. The molecule has 0 aliphatic rings. The number of sulfonamides is 1. The van der Waals surface area contributed by atoms with E-state index in [1.165, 1.54) is 62.5 Å². The summed E-state index contributed by atoms with van der Waals surface area (Å²) in [4.78, 5) is 23.2. The molecule has 2 aromatic carbocycles. The van der Waals surface area contributed by atoms with Crippen LogP contribution in [0.25, 0.3) is 0 Å². The van der Waals surface area contributed by atoms with Crippen molar-refractivity contribution in [2.75, 3.05) is 13.6 Å². The molecule has 138 valence electrons. The van der Waals surface area contributed by atoms with Crippen molar-refractivity contribution in [2.45, 2.75) is 18.4 Å². The minimum absolute atomic E-state index is 0.00339. The SMILES string of the molecule is CC(=O)c1ccc(S(=O)(=O)N(C)CC(=O)NCc2ccc(F)cc2)cc1. The van der Waals surface area contributed by atoms with Gasteiger partial charge in [-0.1, -0.05) is 24.3 Å². The highest BCUT2D eigenvalue weighted by Gasteiger charge is 2.23. The zero-order chi connectivity index (χ0) is 19.3. The van der Waals surface area contributed by atoms with Gasteiger partial charge in [0.25, 0.3) is 0 Å². The largest absolute Gasteiger partial charge is 0.351 e. The average Bonchev–Trinajstić information content (AvgIpc) is 2.61. The maximum atomic E-state index is 12.8. The number of likely N-dealkylation sites (N-methyl/N-ethyl adjacent to an activating group) is 1. The molecule has 0 atom stereocenters. The van der Waals surface area contributed by atoms with E-state index in [-0.39, 0.29) is 29.6 Å². The van der Waals surface area contributed by atoms with Gasteiger partial charge in [0.05, 0.1) is 11.4 Å². The Morgan fingerprint density at radius 3 is 2.15 bits per heavy atom. The second-order valence-electron chi connectivity index (χ2n) is 5.74. The summed E-state index contributed by atoms with van der Waals surface area (Å²) in [6.45, 7) is 1.19. The van der Waals surface area contributed by atoms with Crippen LogP contribution >= 0.6 is 0 Å². The van der Waals surface area contributed by atoms with Gasteiger partial charge in [-0.15, -0.1) is 0 Å². The molecule has 2 aromatic rings. The number of benzene rings is 2. The lowest BCUT2D eigenvalue weighted by Crippen LogP contribution is -2.38. The summed E-state index contributed by atoms with van der Waals surface area (Å²) in [5.74, 6) is -1.02. The van der Waals surface area contributed by atoms with E-state index in [0.717, 1.165) is 4.31 Å². The molecule has 2 rings (SSSR count). The Bertz CT molecular complexity index is 894. The van der Waals surface area contributed by atoms with Gasteiger partial charge in [0.2, 0.25) is 15.9 Å². The maximum Gasteiger partial charge on any atom is 0.243 e. The van der Waals surface area contributed by atoms with Crippen LogP contribution < -0.4 is 5.32 Å². The van der Waals surface area contributed by atoms with Crippen molar-refractivity contribution in [1.82, 2.24) is 9.62 Å². The molecule has 0 aromatic heterocycles. The van der Waals surface area contributed by atoms with Gasteiger partial charge in [-0.3, -0.25) is 9.59 Å². The third kappa shape index (κ3) is 4.96. The highest BCUT2D eigenvalue weighted by atomic mass is 32.2. The molecule has 0 fully saturated rings. The fourth-order valence-corrected chi connectivity index (χ4v) is 3.31. The highest BCUT2D eigenvalue weighted by Crippen LogP contribution is 2.15. The van der Waals surface area contributed by atoms with Crippen LogP contribution in [0, 0.1) is 5.82 Å². The zero-order valence-corrected chi connectivity index (χ0v) is 15.2. The Labute approximate surface area is 151 Å². The van der Waals surface area contributed by atoms with Crippen LogP contribution in [0.3, 0.4) is 0 Å². The summed E-state index contributed by atoms with van der Waals surface area (Å²) in [6.07, 6.45) is 0. The van der Waals surface area contributed by atoms with Crippen LogP contribution in [-0.2, 0) is 21.4 Å². The Hall–Kier alpha value is -2.58. The Morgan fingerprint density at radius 2 is 1.62 bits per heavy atom. The first kappa shape index (κ1) is 19.7. The standard InChI is InChI=1S/C18H19FN2O4S/c1-13(22)15-5-9-17(10-6-15)26(24,25)21(2)12-18(23)20-11-14-3-7-16(19)8-4-14/h3-10H,11-12H2,1-2H3,(H,20,23). The summed E-state index contributed by atoms with van der Waals surface area (Å²) in [6, 6.07) is 11.2. The fourth-order valence-electron chi connectivity index (χ4n) is 2.19. The molecule has 0 radical (unpaired) electrons. The van der Waals surface area contributed by atoms with Crippen molar-refractivity contribution in [1.29, 1.82) is 0 Å². The van der Waals surface area contributed by atoms with E-state index in [9.17, 15) is 22.4 Å². The number of nitrogens with one attached hydrogen (secondary N) is 1. The van der Waals surface area contributed by atoms with Gasteiger partial charge in [0.1, 0.15) is 5.82 Å². The van der Waals surface area contributed by atoms with Crippen molar-refractivity contribution in [3.8, 4) is 0 Å². The van der Waals surface area contributed by atoms with Gasteiger partial charge in [0, 0.05) is 19.2 Å². The molecule has 8 heteroatoms. The molecule has 0 aliphatic carbocycles. The molecule has 1 amide bonds. The number of halogens is 1. The zero-order valence-electron chi connectivity index (χ0n) is 14.4. The molecule has 0 bridgehead atoms. The van der Waals surface area contributed by atoms with E-state index in [4.69, 9.17) is 0 Å². The third-order valence-corrected chi connectivity index (χ3v) is 5.56. The molecule has 26 heavy (non-hydrogen) atoms. The molecule has 1 N–H and O–H groups in total. The number of ketones is 1. The minimum atomic E-state index is -3.85. The summed E-state index contributed by atoms with van der Waals surface area (Å²) in [7, 11) is -2.56. The van der Waals surface area contributed by atoms with Gasteiger partial charge >= 0.3 is 0 Å². The smallest absolute Gasteiger partial charge is 0.243 e. The molecule has 6 nitrogen and oxygen atoms in total. The Kier molecular flexibility index (Phi) is 6.23. The van der Waals surface area contributed by atoms with Crippen LogP contribution in [0.5, 0.6) is 0 Å². The first-order valence-electron chi connectivity index (χ1n) is 7.78. The number of hydrogen-bond acceptors (Lipinski definition) is 4. The van der Waals surface area contributed by atoms with Gasteiger partial charge in [-0.2, -0.15) is 4.31 Å². The van der Waals surface area contributed by atoms with Gasteiger partial charge in [-0.25, -0.2) is 12.8 Å². The Morgan fingerprint density at radius 1 is 1.04 bits per heavy atom. The van der Waals surface area contributed by atoms with Crippen LogP contribution in [0.1, 0.15) is 22.8 Å². The first-order chi connectivity index (χ1) is 12.2. The Balaban J connectivity index is 1.98. The maximum absolute atomic E-state index is 12.8. The second kappa shape index (κ2) is 8.20. The van der Waals surface area contributed by atoms with Crippen LogP contribution in [0.4, 0.5) is 4.39 Å². The monoisotopic (exact) mass is 378 g/mol. The molecule has 0 saturated heterocycles. The molecular formula is C18H19FN2O4S. The van der Waals surface area contributed by atoms with Crippen LogP contribution in [0.15, 0.2) is 53.4 Å². The molecule has 0 aliphatic heterocycles. The lowest BCUT2D eigenvalue weighted by molar-refractivity contribution is -0.121. The number of carbonyl (C=O) groups excluding carboxylic acids is 2. The van der Waals surface area contributed by atoms with Crippen molar-refractivity contribution < 1.29 is 22.4 Å². The normalized spacial score (nSPS) is 11.4. The number of rotatable bonds is 7. The van der Waals surface area contributed by atoms with E-state index in [0.29, 0.717) is 11.1 Å². The molecule has 0 unspecified atom stereocenters. The quantitative estimate of drug-likeness (QED) is 0.747.